The summed E-state index contributed by atoms with van der Waals surface area (Å²) in [6.07, 6.45) is 4.60. The quantitative estimate of drug-likeness (QED) is 0.363. The average Bonchev–Trinajstić information content (AvgIpc) is 2.35. The Balaban J connectivity index is 2.85. The fraction of sp³-hybridized carbons (Fsp3) is 1.00. The van der Waals surface area contributed by atoms with Crippen molar-refractivity contribution in [2.24, 2.45) is 0 Å². The summed E-state index contributed by atoms with van der Waals surface area (Å²) in [5.41, 5.74) is 0. The summed E-state index contributed by atoms with van der Waals surface area (Å²) in [7, 11) is 0. The summed E-state index contributed by atoms with van der Waals surface area (Å²) >= 11 is 11.0. The molecule has 0 spiro atoms. The van der Waals surface area contributed by atoms with Crippen molar-refractivity contribution in [2.75, 3.05) is 51.4 Å². The summed E-state index contributed by atoms with van der Waals surface area (Å²) in [6.45, 7) is 3.90. The summed E-state index contributed by atoms with van der Waals surface area (Å²) < 4.78 is 15.9. The fourth-order valence-corrected chi connectivity index (χ4v) is 1.55. The highest BCUT2D eigenvalue weighted by Crippen LogP contribution is 2.00. The van der Waals surface area contributed by atoms with Gasteiger partial charge in [-0.1, -0.05) is 12.8 Å². The van der Waals surface area contributed by atoms with Gasteiger partial charge in [-0.3, -0.25) is 0 Å². The van der Waals surface area contributed by atoms with E-state index in [2.05, 4.69) is 0 Å². The molecule has 0 aromatic heterocycles. The van der Waals surface area contributed by atoms with E-state index in [1.54, 1.807) is 0 Å². The van der Waals surface area contributed by atoms with Gasteiger partial charge in [0.2, 0.25) is 0 Å². The minimum atomic E-state index is 0.535. The third kappa shape index (κ3) is 16.5. The maximum Gasteiger partial charge on any atom is 0.0701 e. The van der Waals surface area contributed by atoms with Gasteiger partial charge in [0.15, 0.2) is 0 Å². The van der Waals surface area contributed by atoms with E-state index in [9.17, 15) is 0 Å². The van der Waals surface area contributed by atoms with E-state index in [0.717, 1.165) is 25.3 Å². The molecule has 0 saturated heterocycles. The lowest BCUT2D eigenvalue weighted by Crippen LogP contribution is -2.10. The molecule has 0 amide bonds. The van der Waals surface area contributed by atoms with Crippen LogP contribution in [0, 0.1) is 0 Å². The number of hydrogen-bond donors (Lipinski definition) is 0. The highest BCUT2D eigenvalue weighted by Gasteiger charge is 1.92. The second-order valence-corrected chi connectivity index (χ2v) is 4.39. The Kier molecular flexibility index (Phi) is 16.9. The van der Waals surface area contributed by atoms with Crippen molar-refractivity contribution in [2.45, 2.75) is 25.7 Å². The summed E-state index contributed by atoms with van der Waals surface area (Å²) in [5.74, 6) is 1.30. The molecule has 0 N–H and O–H groups in total. The van der Waals surface area contributed by atoms with Crippen LogP contribution in [0.2, 0.25) is 0 Å². The van der Waals surface area contributed by atoms with Crippen molar-refractivity contribution in [1.29, 1.82) is 0 Å². The van der Waals surface area contributed by atoms with E-state index in [1.807, 2.05) is 0 Å². The van der Waals surface area contributed by atoms with Gasteiger partial charge < -0.3 is 14.2 Å². The van der Waals surface area contributed by atoms with Crippen LogP contribution < -0.4 is 0 Å². The lowest BCUT2D eigenvalue weighted by Gasteiger charge is -2.06. The van der Waals surface area contributed by atoms with Crippen LogP contribution in [0.15, 0.2) is 0 Å². The van der Waals surface area contributed by atoms with Crippen LogP contribution in [0.1, 0.15) is 25.7 Å². The molecule has 0 radical (unpaired) electrons. The largest absolute Gasteiger partial charge is 0.379 e. The molecule has 0 rings (SSSR count). The Bertz CT molecular complexity index is 123. The molecule has 3 nitrogen and oxygen atoms in total. The molecule has 0 saturated carbocycles. The number of alkyl halides is 2. The number of unbranched alkanes of at least 4 members (excludes halogenated alkanes) is 3. The molecular weight excluding hydrogens is 263 g/mol. The predicted molar refractivity (Wildman–Crippen MR) is 72.4 cm³/mol. The Hall–Kier alpha value is 0.460. The normalized spacial score (nSPS) is 10.9. The number of rotatable bonds is 14. The van der Waals surface area contributed by atoms with Gasteiger partial charge in [-0.05, 0) is 12.8 Å². The van der Waals surface area contributed by atoms with Crippen molar-refractivity contribution in [3.63, 3.8) is 0 Å². The SMILES string of the molecule is ClCCCCCCOCCOCCOCCCl. The zero-order valence-electron chi connectivity index (χ0n) is 10.5. The lowest BCUT2D eigenvalue weighted by atomic mass is 10.2. The molecule has 0 atom stereocenters. The maximum absolute atomic E-state index is 5.58. The Morgan fingerprint density at radius 2 is 1.00 bits per heavy atom. The molecule has 104 valence electrons. The van der Waals surface area contributed by atoms with Crippen molar-refractivity contribution in [3.05, 3.63) is 0 Å². The maximum atomic E-state index is 5.58. The van der Waals surface area contributed by atoms with Crippen LogP contribution in [0.4, 0.5) is 0 Å². The zero-order valence-corrected chi connectivity index (χ0v) is 12.0. The van der Waals surface area contributed by atoms with Gasteiger partial charge >= 0.3 is 0 Å². The molecule has 0 fully saturated rings. The summed E-state index contributed by atoms with van der Waals surface area (Å²) in [6, 6.07) is 0. The van der Waals surface area contributed by atoms with Crippen molar-refractivity contribution >= 4 is 23.2 Å². The van der Waals surface area contributed by atoms with Gasteiger partial charge in [-0.25, -0.2) is 0 Å². The number of hydrogen-bond acceptors (Lipinski definition) is 3. The van der Waals surface area contributed by atoms with Crippen LogP contribution in [0.5, 0.6) is 0 Å². The fourth-order valence-electron chi connectivity index (χ4n) is 1.25. The third-order valence-electron chi connectivity index (χ3n) is 2.14. The summed E-state index contributed by atoms with van der Waals surface area (Å²) in [4.78, 5) is 0. The van der Waals surface area contributed by atoms with E-state index >= 15 is 0 Å². The zero-order chi connectivity index (χ0) is 12.6. The summed E-state index contributed by atoms with van der Waals surface area (Å²) in [5, 5.41) is 0. The lowest BCUT2D eigenvalue weighted by molar-refractivity contribution is 0.0166. The first-order valence-corrected chi connectivity index (χ1v) is 7.34. The van der Waals surface area contributed by atoms with Crippen LogP contribution in [-0.4, -0.2) is 51.4 Å². The van der Waals surface area contributed by atoms with E-state index in [1.165, 1.54) is 12.8 Å². The molecule has 0 heterocycles. The van der Waals surface area contributed by atoms with Gasteiger partial charge in [0.1, 0.15) is 0 Å². The molecule has 5 heteroatoms. The van der Waals surface area contributed by atoms with Crippen LogP contribution in [0.3, 0.4) is 0 Å². The van der Waals surface area contributed by atoms with Gasteiger partial charge in [-0.2, -0.15) is 0 Å². The van der Waals surface area contributed by atoms with Crippen molar-refractivity contribution in [3.8, 4) is 0 Å². The first-order chi connectivity index (χ1) is 8.41. The molecule has 0 aromatic carbocycles. The molecule has 0 aliphatic carbocycles. The molecule has 0 aliphatic heterocycles. The highest BCUT2D eigenvalue weighted by molar-refractivity contribution is 6.18. The predicted octanol–water partition coefficient (Wildman–Crippen LogP) is 3.07. The van der Waals surface area contributed by atoms with Gasteiger partial charge in [0, 0.05) is 18.4 Å². The van der Waals surface area contributed by atoms with E-state index in [4.69, 9.17) is 37.4 Å². The van der Waals surface area contributed by atoms with E-state index in [-0.39, 0.29) is 0 Å². The average molecular weight is 287 g/mol. The first-order valence-electron chi connectivity index (χ1n) is 6.27. The van der Waals surface area contributed by atoms with Crippen molar-refractivity contribution < 1.29 is 14.2 Å². The Morgan fingerprint density at radius 1 is 0.471 bits per heavy atom. The minimum absolute atomic E-state index is 0.535. The molecule has 17 heavy (non-hydrogen) atoms. The van der Waals surface area contributed by atoms with Gasteiger partial charge in [-0.15, -0.1) is 23.2 Å². The monoisotopic (exact) mass is 286 g/mol. The van der Waals surface area contributed by atoms with Gasteiger partial charge in [0.05, 0.1) is 33.0 Å². The van der Waals surface area contributed by atoms with Gasteiger partial charge in [0.25, 0.3) is 0 Å². The second-order valence-electron chi connectivity index (χ2n) is 3.63. The molecule has 0 aliphatic rings. The highest BCUT2D eigenvalue weighted by atomic mass is 35.5. The number of halogens is 2. The second kappa shape index (κ2) is 16.5. The number of ether oxygens (including phenoxy) is 3. The Morgan fingerprint density at radius 3 is 1.59 bits per heavy atom. The van der Waals surface area contributed by atoms with E-state index in [0.29, 0.717) is 38.9 Å². The smallest absolute Gasteiger partial charge is 0.0701 e. The molecular formula is C12H24Cl2O3. The van der Waals surface area contributed by atoms with Crippen molar-refractivity contribution in [1.82, 2.24) is 0 Å². The van der Waals surface area contributed by atoms with E-state index < -0.39 is 0 Å². The van der Waals surface area contributed by atoms with Crippen LogP contribution >= 0.6 is 23.2 Å². The first kappa shape index (κ1) is 17.5. The topological polar surface area (TPSA) is 27.7 Å². The Labute approximate surface area is 115 Å². The van der Waals surface area contributed by atoms with Crippen LogP contribution in [-0.2, 0) is 14.2 Å². The third-order valence-corrected chi connectivity index (χ3v) is 2.56. The molecule has 0 unspecified atom stereocenters. The minimum Gasteiger partial charge on any atom is -0.379 e. The molecule has 0 aromatic rings. The standard InChI is InChI=1S/C12H24Cl2O3/c13-5-3-1-2-4-7-15-9-11-17-12-10-16-8-6-14/h1-12H2. The van der Waals surface area contributed by atoms with Crippen LogP contribution in [0.25, 0.3) is 0 Å². The molecule has 0 bridgehead atoms.